The normalized spacial score (nSPS) is 9.67. The molecule has 0 atom stereocenters. The Kier molecular flexibility index (Phi) is 3.86. The molecular formula is C12H9HgO2. The van der Waals surface area contributed by atoms with Gasteiger partial charge in [-0.2, -0.15) is 0 Å². The molecule has 2 aromatic carbocycles. The van der Waals surface area contributed by atoms with E-state index in [1.54, 1.807) is 12.1 Å². The number of hydrogen-bond acceptors (Lipinski definition) is 2. The first-order valence-electron chi connectivity index (χ1n) is 4.39. The van der Waals surface area contributed by atoms with Crippen molar-refractivity contribution in [3.8, 4) is 0 Å². The van der Waals surface area contributed by atoms with Gasteiger partial charge in [0.25, 0.3) is 0 Å². The molecule has 71 valence electrons. The molecule has 0 aliphatic carbocycles. The Bertz CT molecular complexity index is 506. The number of carbonyl (C=O) groups is 1. The van der Waals surface area contributed by atoms with Crippen molar-refractivity contribution in [1.29, 1.82) is 0 Å². The molecule has 2 nitrogen and oxygen atoms in total. The molecule has 2 rings (SSSR count). The quantitative estimate of drug-likeness (QED) is 0.698. The summed E-state index contributed by atoms with van der Waals surface area (Å²) in [6, 6.07) is 10.9. The summed E-state index contributed by atoms with van der Waals surface area (Å²) in [5.74, 6) is -1.12. The van der Waals surface area contributed by atoms with Crippen LogP contribution in [0.4, 0.5) is 0 Å². The van der Waals surface area contributed by atoms with Gasteiger partial charge in [-0.3, -0.25) is 0 Å². The summed E-state index contributed by atoms with van der Waals surface area (Å²) < 4.78 is 0. The zero-order chi connectivity index (χ0) is 10.1. The van der Waals surface area contributed by atoms with Gasteiger partial charge in [0.05, 0.1) is 5.97 Å². The Balaban J connectivity index is 0.00000112. The van der Waals surface area contributed by atoms with E-state index >= 15 is 0 Å². The van der Waals surface area contributed by atoms with Gasteiger partial charge in [0.15, 0.2) is 0 Å². The van der Waals surface area contributed by atoms with Crippen LogP contribution in [0.2, 0.25) is 0 Å². The molecule has 15 heavy (non-hydrogen) atoms. The van der Waals surface area contributed by atoms with Crippen LogP contribution in [-0.2, 0) is 27.7 Å². The number of carbonyl (C=O) groups excluding carboxylic acids is 1. The minimum absolute atomic E-state index is 0. The summed E-state index contributed by atoms with van der Waals surface area (Å²) in [7, 11) is 0. The summed E-state index contributed by atoms with van der Waals surface area (Å²) in [6.45, 7) is 1.94. The fourth-order valence-corrected chi connectivity index (χ4v) is 1.56. The largest absolute Gasteiger partial charge is 1.00 e. The van der Waals surface area contributed by atoms with Gasteiger partial charge in [-0.05, 0) is 17.7 Å². The second-order valence-electron chi connectivity index (χ2n) is 3.32. The Hall–Kier alpha value is -0.895. The van der Waals surface area contributed by atoms with Crippen LogP contribution in [0.1, 0.15) is 15.9 Å². The van der Waals surface area contributed by atoms with Crippen LogP contribution in [0.25, 0.3) is 10.8 Å². The number of carboxylic acid groups (broad SMARTS) is 1. The van der Waals surface area contributed by atoms with Gasteiger partial charge in [-0.15, -0.1) is 0 Å². The summed E-state index contributed by atoms with van der Waals surface area (Å²) in [6.07, 6.45) is 0. The molecule has 1 radical (unpaired) electrons. The summed E-state index contributed by atoms with van der Waals surface area (Å²) in [5, 5.41) is 12.5. The third-order valence-corrected chi connectivity index (χ3v) is 2.26. The Morgan fingerprint density at radius 3 is 2.60 bits per heavy atom. The van der Waals surface area contributed by atoms with Crippen molar-refractivity contribution in [3.63, 3.8) is 0 Å². The Morgan fingerprint density at radius 1 is 1.20 bits per heavy atom. The fourth-order valence-electron chi connectivity index (χ4n) is 1.56. The monoisotopic (exact) mass is 387 g/mol. The van der Waals surface area contributed by atoms with Gasteiger partial charge in [0.2, 0.25) is 0 Å². The van der Waals surface area contributed by atoms with E-state index in [0.29, 0.717) is 0 Å². The molecule has 2 aromatic rings. The minimum Gasteiger partial charge on any atom is -0.545 e. The smallest absolute Gasteiger partial charge is 0.545 e. The van der Waals surface area contributed by atoms with Crippen molar-refractivity contribution in [2.75, 3.05) is 0 Å². The van der Waals surface area contributed by atoms with E-state index in [9.17, 15) is 9.90 Å². The molecule has 0 fully saturated rings. The molecule has 0 amide bonds. The van der Waals surface area contributed by atoms with Crippen LogP contribution < -0.4 is 5.11 Å². The molecular weight excluding hydrogens is 377 g/mol. The number of hydrogen-bond donors (Lipinski definition) is 0. The maximum absolute atomic E-state index is 10.8. The van der Waals surface area contributed by atoms with Crippen molar-refractivity contribution in [2.24, 2.45) is 0 Å². The van der Waals surface area contributed by atoms with Crippen molar-refractivity contribution < 1.29 is 37.6 Å². The first kappa shape index (κ1) is 12.2. The molecule has 0 N–H and O–H groups in total. The van der Waals surface area contributed by atoms with E-state index in [2.05, 4.69) is 0 Å². The number of aromatic carboxylic acids is 1. The van der Waals surface area contributed by atoms with Crippen LogP contribution in [0.3, 0.4) is 0 Å². The van der Waals surface area contributed by atoms with Gasteiger partial charge in [-0.1, -0.05) is 42.0 Å². The summed E-state index contributed by atoms with van der Waals surface area (Å²) >= 11 is 0. The van der Waals surface area contributed by atoms with E-state index in [1.807, 2.05) is 31.2 Å². The van der Waals surface area contributed by atoms with E-state index in [4.69, 9.17) is 0 Å². The van der Waals surface area contributed by atoms with Crippen molar-refractivity contribution in [3.05, 3.63) is 47.5 Å². The van der Waals surface area contributed by atoms with Crippen molar-refractivity contribution in [1.82, 2.24) is 0 Å². The maximum atomic E-state index is 10.8. The molecule has 0 heterocycles. The maximum Gasteiger partial charge on any atom is 1.00 e. The predicted molar refractivity (Wildman–Crippen MR) is 53.0 cm³/mol. The minimum atomic E-state index is -1.12. The zero-order valence-corrected chi connectivity index (χ0v) is 14.0. The molecule has 0 saturated heterocycles. The Morgan fingerprint density at radius 2 is 1.93 bits per heavy atom. The first-order valence-corrected chi connectivity index (χ1v) is 4.39. The van der Waals surface area contributed by atoms with E-state index in [-0.39, 0.29) is 33.2 Å². The third kappa shape index (κ3) is 2.37. The number of carboxylic acids is 1. The van der Waals surface area contributed by atoms with E-state index in [1.165, 1.54) is 0 Å². The molecule has 0 aliphatic rings. The number of benzene rings is 2. The van der Waals surface area contributed by atoms with Crippen LogP contribution in [0.15, 0.2) is 36.4 Å². The van der Waals surface area contributed by atoms with Gasteiger partial charge < -0.3 is 9.90 Å². The molecule has 0 aliphatic heterocycles. The van der Waals surface area contributed by atoms with Crippen LogP contribution in [-0.4, -0.2) is 5.97 Å². The second-order valence-corrected chi connectivity index (χ2v) is 3.32. The average Bonchev–Trinajstić information content (AvgIpc) is 2.16. The Labute approximate surface area is 108 Å². The van der Waals surface area contributed by atoms with Gasteiger partial charge in [-0.25, -0.2) is 0 Å². The van der Waals surface area contributed by atoms with E-state index < -0.39 is 5.97 Å². The summed E-state index contributed by atoms with van der Waals surface area (Å²) in [5.41, 5.74) is 1.30. The SMILES string of the molecule is Cc1ccc2cccc(C(=O)[O-])c2c1.[Hg+]. The van der Waals surface area contributed by atoms with Gasteiger partial charge >= 0.3 is 27.7 Å². The van der Waals surface area contributed by atoms with Crippen LogP contribution in [0, 0.1) is 6.92 Å². The van der Waals surface area contributed by atoms with Gasteiger partial charge in [0, 0.05) is 5.56 Å². The molecule has 0 saturated carbocycles. The van der Waals surface area contributed by atoms with Crippen molar-refractivity contribution >= 4 is 16.7 Å². The predicted octanol–water partition coefficient (Wildman–Crippen LogP) is 1.51. The number of aryl methyl sites for hydroxylation is 1. The number of fused-ring (bicyclic) bond motifs is 1. The van der Waals surface area contributed by atoms with Gasteiger partial charge in [0.1, 0.15) is 0 Å². The standard InChI is InChI=1S/C12H10O2.Hg/c1-8-5-6-9-3-2-4-10(12(13)14)11(9)7-8;/h2-7H,1H3,(H,13,14);/q;+1/p-1. The molecule has 3 heteroatoms. The average molecular weight is 386 g/mol. The van der Waals surface area contributed by atoms with Crippen LogP contribution >= 0.6 is 0 Å². The zero-order valence-electron chi connectivity index (χ0n) is 8.49. The molecule has 0 spiro atoms. The van der Waals surface area contributed by atoms with Crippen molar-refractivity contribution in [2.45, 2.75) is 6.92 Å². The third-order valence-electron chi connectivity index (χ3n) is 2.26. The molecule has 0 unspecified atom stereocenters. The molecule has 0 aromatic heterocycles. The summed E-state index contributed by atoms with van der Waals surface area (Å²) in [4.78, 5) is 10.8. The van der Waals surface area contributed by atoms with Crippen LogP contribution in [0.5, 0.6) is 0 Å². The fraction of sp³-hybridized carbons (Fsp3) is 0.0833. The second kappa shape index (κ2) is 4.75. The van der Waals surface area contributed by atoms with E-state index in [0.717, 1.165) is 16.3 Å². The number of rotatable bonds is 1. The molecule has 0 bridgehead atoms. The topological polar surface area (TPSA) is 40.1 Å². The first-order chi connectivity index (χ1) is 6.68.